The minimum absolute atomic E-state index is 0.118. The summed E-state index contributed by atoms with van der Waals surface area (Å²) in [7, 11) is 1.59. The van der Waals surface area contributed by atoms with Gasteiger partial charge in [0, 0.05) is 17.2 Å². The van der Waals surface area contributed by atoms with Crippen LogP contribution in [0.15, 0.2) is 103 Å². The maximum absolute atomic E-state index is 15.2. The van der Waals surface area contributed by atoms with Crippen LogP contribution in [0.5, 0.6) is 5.75 Å². The Labute approximate surface area is 256 Å². The molecule has 6 rings (SSSR count). The van der Waals surface area contributed by atoms with E-state index in [0.717, 1.165) is 16.3 Å². The summed E-state index contributed by atoms with van der Waals surface area (Å²) >= 11 is 0. The van der Waals surface area contributed by atoms with E-state index in [0.29, 0.717) is 22.6 Å². The third-order valence-corrected chi connectivity index (χ3v) is 8.53. The number of carbonyl (C=O) groups excluding carboxylic acids is 2. The molecule has 218 valence electrons. The summed E-state index contributed by atoms with van der Waals surface area (Å²) < 4.78 is 11.2. The fraction of sp³-hybridized carbons (Fsp3) is 0.243. The van der Waals surface area contributed by atoms with E-state index in [-0.39, 0.29) is 12.1 Å². The molecule has 0 unspecified atom stereocenters. The third-order valence-electron chi connectivity index (χ3n) is 8.53. The number of rotatable bonds is 5. The molecule has 0 saturated heterocycles. The number of hydrogen-bond acceptors (Lipinski definition) is 6. The predicted octanol–water partition coefficient (Wildman–Crippen LogP) is 6.73. The molecule has 1 aliphatic heterocycles. The van der Waals surface area contributed by atoms with E-state index in [9.17, 15) is 15.3 Å². The Hall–Kier alpha value is -5.40. The van der Waals surface area contributed by atoms with Crippen molar-refractivity contribution in [3.05, 3.63) is 119 Å². The van der Waals surface area contributed by atoms with Crippen molar-refractivity contribution in [2.45, 2.75) is 44.2 Å². The fourth-order valence-electron chi connectivity index (χ4n) is 6.70. The quantitative estimate of drug-likeness (QED) is 0.242. The number of methoxy groups -OCH3 is 1. The summed E-state index contributed by atoms with van der Waals surface area (Å²) in [5, 5.41) is 23.6. The lowest BCUT2D eigenvalue weighted by molar-refractivity contribution is -0.150. The zero-order valence-corrected chi connectivity index (χ0v) is 25.0. The van der Waals surface area contributed by atoms with Crippen LogP contribution in [0.1, 0.15) is 43.4 Å². The fourth-order valence-corrected chi connectivity index (χ4v) is 6.70. The lowest BCUT2D eigenvalue weighted by Crippen LogP contribution is -2.52. The molecular formula is C37H31N3O4. The van der Waals surface area contributed by atoms with Crippen LogP contribution in [0.4, 0.5) is 5.69 Å². The van der Waals surface area contributed by atoms with Crippen LogP contribution in [-0.4, -0.2) is 24.6 Å². The number of hydrogen-bond donors (Lipinski definition) is 0. The van der Waals surface area contributed by atoms with Gasteiger partial charge in [-0.1, -0.05) is 72.8 Å². The molecule has 1 aliphatic carbocycles. The molecule has 44 heavy (non-hydrogen) atoms. The van der Waals surface area contributed by atoms with Crippen LogP contribution in [0.2, 0.25) is 0 Å². The summed E-state index contributed by atoms with van der Waals surface area (Å²) in [6.07, 6.45) is 1.38. The van der Waals surface area contributed by atoms with Crippen LogP contribution in [0.25, 0.3) is 10.8 Å². The summed E-state index contributed by atoms with van der Waals surface area (Å²) in [4.78, 5) is 30.8. The first-order chi connectivity index (χ1) is 21.1. The number of ether oxygens (including phenoxy) is 2. The van der Waals surface area contributed by atoms with E-state index >= 15 is 4.79 Å². The molecule has 7 nitrogen and oxygen atoms in total. The number of carbonyl (C=O) groups is 2. The molecule has 1 heterocycles. The Morgan fingerprint density at radius 1 is 0.909 bits per heavy atom. The first-order valence-electron chi connectivity index (χ1n) is 14.4. The van der Waals surface area contributed by atoms with Crippen LogP contribution in [-0.2, 0) is 26.3 Å². The summed E-state index contributed by atoms with van der Waals surface area (Å²) in [5.41, 5.74) is -1.89. The number of nitriles is 2. The number of fused-ring (bicyclic) bond motifs is 3. The lowest BCUT2D eigenvalue weighted by atomic mass is 9.57. The van der Waals surface area contributed by atoms with Gasteiger partial charge in [0.05, 0.1) is 25.8 Å². The van der Waals surface area contributed by atoms with Gasteiger partial charge in [-0.15, -0.1) is 0 Å². The van der Waals surface area contributed by atoms with Crippen molar-refractivity contribution in [1.29, 1.82) is 10.5 Å². The Kier molecular flexibility index (Phi) is 6.78. The van der Waals surface area contributed by atoms with Crippen LogP contribution >= 0.6 is 0 Å². The van der Waals surface area contributed by atoms with Crippen molar-refractivity contribution in [3.8, 4) is 17.9 Å². The van der Waals surface area contributed by atoms with Gasteiger partial charge in [-0.05, 0) is 72.5 Å². The number of para-hydroxylation sites is 1. The minimum atomic E-state index is -2.00. The van der Waals surface area contributed by atoms with Crippen LogP contribution in [0, 0.1) is 28.1 Å². The third kappa shape index (κ3) is 4.24. The molecule has 0 fully saturated rings. The van der Waals surface area contributed by atoms with Gasteiger partial charge < -0.3 is 14.4 Å². The molecule has 1 spiro atoms. The molecule has 0 bridgehead atoms. The van der Waals surface area contributed by atoms with E-state index in [1.54, 1.807) is 44.9 Å². The maximum atomic E-state index is 15.2. The number of nitrogens with zero attached hydrogens (tertiary/aromatic N) is 3. The van der Waals surface area contributed by atoms with Gasteiger partial charge in [0.1, 0.15) is 16.8 Å². The first-order valence-corrected chi connectivity index (χ1v) is 14.4. The second kappa shape index (κ2) is 10.4. The molecule has 2 aliphatic rings. The normalized spacial score (nSPS) is 20.1. The van der Waals surface area contributed by atoms with Gasteiger partial charge in [0.15, 0.2) is 5.41 Å². The highest BCUT2D eigenvalue weighted by molar-refractivity contribution is 6.13. The Bertz CT molecular complexity index is 1910. The van der Waals surface area contributed by atoms with Gasteiger partial charge >= 0.3 is 5.97 Å². The number of esters is 1. The Balaban J connectivity index is 1.62. The lowest BCUT2D eigenvalue weighted by Gasteiger charge is -2.38. The largest absolute Gasteiger partial charge is 0.497 e. The Morgan fingerprint density at radius 3 is 2.23 bits per heavy atom. The topological polar surface area (TPSA) is 103 Å². The number of benzene rings is 4. The number of amides is 1. The van der Waals surface area contributed by atoms with E-state index in [1.165, 1.54) is 6.08 Å². The number of allylic oxidation sites excluding steroid dienone is 1. The van der Waals surface area contributed by atoms with E-state index in [2.05, 4.69) is 12.1 Å². The zero-order chi connectivity index (χ0) is 31.3. The highest BCUT2D eigenvalue weighted by Crippen LogP contribution is 2.65. The highest BCUT2D eigenvalue weighted by atomic mass is 16.6. The molecule has 1 amide bonds. The molecule has 2 atom stereocenters. The molecule has 0 radical (unpaired) electrons. The summed E-state index contributed by atoms with van der Waals surface area (Å²) in [6.45, 7) is 5.47. The van der Waals surface area contributed by atoms with Crippen molar-refractivity contribution >= 4 is 28.3 Å². The van der Waals surface area contributed by atoms with E-state index in [1.807, 2.05) is 78.9 Å². The molecular weight excluding hydrogens is 550 g/mol. The SMILES string of the molecule is COc1ccc(CN2C(=O)[C@]3(c4ccccc42)[C@H](c2ccc4ccccc4c2)C(C(=O)OC(C)(C)C)=CC3(C#N)C#N)cc1. The van der Waals surface area contributed by atoms with Crippen molar-refractivity contribution in [1.82, 2.24) is 0 Å². The second-order valence-corrected chi connectivity index (χ2v) is 12.2. The number of anilines is 1. The first kappa shape index (κ1) is 28.7. The second-order valence-electron chi connectivity index (χ2n) is 12.2. The van der Waals surface area contributed by atoms with Crippen molar-refractivity contribution < 1.29 is 19.1 Å². The molecule has 7 heteroatoms. The maximum Gasteiger partial charge on any atom is 0.334 e. The standard InChI is InChI=1S/C37H31N3O4/c1-35(2,3)44-33(41)29-20-36(22-38,23-39)37(32(29)27-16-15-25-9-5-6-10-26(25)19-27)30-11-7-8-12-31(30)40(34(37)42)21-24-13-17-28(43-4)18-14-24/h5-20,32H,21H2,1-4H3/t32-,37+/m1/s1. The minimum Gasteiger partial charge on any atom is -0.497 e. The summed E-state index contributed by atoms with van der Waals surface area (Å²) in [6, 6.07) is 32.6. The van der Waals surface area contributed by atoms with Gasteiger partial charge in [0.25, 0.3) is 0 Å². The molecule has 0 saturated carbocycles. The molecule has 4 aromatic rings. The zero-order valence-electron chi connectivity index (χ0n) is 25.0. The molecule has 4 aromatic carbocycles. The predicted molar refractivity (Wildman–Crippen MR) is 167 cm³/mol. The smallest absolute Gasteiger partial charge is 0.334 e. The van der Waals surface area contributed by atoms with Gasteiger partial charge in [0.2, 0.25) is 5.91 Å². The summed E-state index contributed by atoms with van der Waals surface area (Å²) in [5.74, 6) is -1.38. The van der Waals surface area contributed by atoms with E-state index in [4.69, 9.17) is 9.47 Å². The van der Waals surface area contributed by atoms with Crippen molar-refractivity contribution in [3.63, 3.8) is 0 Å². The average Bonchev–Trinajstić information content (AvgIpc) is 3.47. The Morgan fingerprint density at radius 2 is 1.57 bits per heavy atom. The van der Waals surface area contributed by atoms with Gasteiger partial charge in [-0.2, -0.15) is 10.5 Å². The molecule has 0 N–H and O–H groups in total. The molecule has 0 aromatic heterocycles. The highest BCUT2D eigenvalue weighted by Gasteiger charge is 2.72. The van der Waals surface area contributed by atoms with Gasteiger partial charge in [-0.25, -0.2) is 4.79 Å². The van der Waals surface area contributed by atoms with E-state index < -0.39 is 34.2 Å². The van der Waals surface area contributed by atoms with Gasteiger partial charge in [-0.3, -0.25) is 4.79 Å². The van der Waals surface area contributed by atoms with Crippen LogP contribution < -0.4 is 9.64 Å². The average molecular weight is 582 g/mol. The monoisotopic (exact) mass is 581 g/mol. The van der Waals surface area contributed by atoms with Crippen molar-refractivity contribution in [2.75, 3.05) is 12.0 Å². The van der Waals surface area contributed by atoms with Crippen LogP contribution in [0.3, 0.4) is 0 Å². The van der Waals surface area contributed by atoms with Crippen molar-refractivity contribution in [2.24, 2.45) is 5.41 Å².